The summed E-state index contributed by atoms with van der Waals surface area (Å²) in [6.45, 7) is 1.84. The minimum Gasteiger partial charge on any atom is -0.507 e. The molecule has 0 fully saturated rings. The Kier molecular flexibility index (Phi) is 6.35. The van der Waals surface area contributed by atoms with Gasteiger partial charge < -0.3 is 15.3 Å². The Morgan fingerprint density at radius 2 is 1.75 bits per heavy atom. The van der Waals surface area contributed by atoms with Gasteiger partial charge in [0.15, 0.2) is 0 Å². The van der Waals surface area contributed by atoms with Crippen LogP contribution in [0.15, 0.2) is 24.3 Å². The summed E-state index contributed by atoms with van der Waals surface area (Å²) in [5.74, 6) is -2.02. The number of aliphatic carboxylic acids is 1. The van der Waals surface area contributed by atoms with Gasteiger partial charge in [0.05, 0.1) is 0 Å². The third kappa shape index (κ3) is 5.64. The Morgan fingerprint density at radius 3 is 2.00 bits per heavy atom. The second-order valence-electron chi connectivity index (χ2n) is 2.97. The standard InChI is InChI=1S/C7H6O3.C4H8O2/c8-6-4-2-1-3-5(6)7(9)10;1-2-3-4(5)6/h1-4,8H,(H,9,10);2-3H2,1H3,(H,5,6). The molecule has 5 heteroatoms. The molecule has 0 aromatic heterocycles. The quantitative estimate of drug-likeness (QED) is 0.732. The van der Waals surface area contributed by atoms with E-state index in [0.29, 0.717) is 6.42 Å². The molecule has 0 heterocycles. The first-order chi connectivity index (χ1) is 7.49. The van der Waals surface area contributed by atoms with Crippen LogP contribution in [0.2, 0.25) is 0 Å². The highest BCUT2D eigenvalue weighted by atomic mass is 16.4. The maximum absolute atomic E-state index is 10.3. The van der Waals surface area contributed by atoms with Crippen LogP contribution in [0.1, 0.15) is 30.1 Å². The first-order valence-electron chi connectivity index (χ1n) is 4.72. The molecule has 1 rings (SSSR count). The number of aromatic carboxylic acids is 1. The number of carboxylic acid groups (broad SMARTS) is 2. The van der Waals surface area contributed by atoms with Crippen LogP contribution in [0.4, 0.5) is 0 Å². The van der Waals surface area contributed by atoms with Crippen molar-refractivity contribution in [3.63, 3.8) is 0 Å². The van der Waals surface area contributed by atoms with Crippen molar-refractivity contribution in [1.82, 2.24) is 0 Å². The molecule has 0 spiro atoms. The maximum atomic E-state index is 10.3. The highest BCUT2D eigenvalue weighted by Gasteiger charge is 2.05. The zero-order valence-electron chi connectivity index (χ0n) is 8.88. The van der Waals surface area contributed by atoms with E-state index in [1.807, 2.05) is 6.92 Å². The van der Waals surface area contributed by atoms with Crippen molar-refractivity contribution in [3.05, 3.63) is 29.8 Å². The minimum absolute atomic E-state index is 0.0671. The van der Waals surface area contributed by atoms with Crippen LogP contribution in [0.3, 0.4) is 0 Å². The number of benzene rings is 1. The van der Waals surface area contributed by atoms with E-state index in [9.17, 15) is 9.59 Å². The summed E-state index contributed by atoms with van der Waals surface area (Å²) in [6, 6.07) is 5.81. The summed E-state index contributed by atoms with van der Waals surface area (Å²) >= 11 is 0. The normalized spacial score (nSPS) is 8.81. The molecule has 5 nitrogen and oxygen atoms in total. The number of para-hydroxylation sites is 1. The van der Waals surface area contributed by atoms with E-state index in [1.165, 1.54) is 12.1 Å². The fourth-order valence-corrected chi connectivity index (χ4v) is 0.868. The van der Waals surface area contributed by atoms with Gasteiger partial charge in [-0.2, -0.15) is 0 Å². The lowest BCUT2D eigenvalue weighted by Gasteiger charge is -1.95. The van der Waals surface area contributed by atoms with E-state index in [2.05, 4.69) is 0 Å². The Morgan fingerprint density at radius 1 is 1.19 bits per heavy atom. The van der Waals surface area contributed by atoms with Crippen molar-refractivity contribution in [3.8, 4) is 5.75 Å². The van der Waals surface area contributed by atoms with Gasteiger partial charge >= 0.3 is 11.9 Å². The van der Waals surface area contributed by atoms with E-state index >= 15 is 0 Å². The van der Waals surface area contributed by atoms with Crippen LogP contribution < -0.4 is 0 Å². The van der Waals surface area contributed by atoms with Crippen molar-refractivity contribution in [2.45, 2.75) is 19.8 Å². The van der Waals surface area contributed by atoms with Gasteiger partial charge in [-0.15, -0.1) is 0 Å². The zero-order valence-corrected chi connectivity index (χ0v) is 8.88. The molecule has 0 unspecified atom stereocenters. The van der Waals surface area contributed by atoms with E-state index in [-0.39, 0.29) is 11.3 Å². The van der Waals surface area contributed by atoms with Crippen molar-refractivity contribution in [2.75, 3.05) is 0 Å². The Labute approximate surface area is 93.0 Å². The Bertz CT molecular complexity index is 359. The van der Waals surface area contributed by atoms with Crippen molar-refractivity contribution < 1.29 is 24.9 Å². The van der Waals surface area contributed by atoms with Crippen LogP contribution in [0.25, 0.3) is 0 Å². The van der Waals surface area contributed by atoms with Gasteiger partial charge in [0.1, 0.15) is 11.3 Å². The van der Waals surface area contributed by atoms with Gasteiger partial charge in [0.25, 0.3) is 0 Å². The molecule has 0 saturated heterocycles. The molecule has 0 aliphatic carbocycles. The molecule has 0 radical (unpaired) electrons. The van der Waals surface area contributed by atoms with Gasteiger partial charge in [0.2, 0.25) is 0 Å². The van der Waals surface area contributed by atoms with E-state index in [1.54, 1.807) is 12.1 Å². The molecule has 0 aliphatic heterocycles. The average Bonchev–Trinajstić information content (AvgIpc) is 2.18. The Hall–Kier alpha value is -2.04. The van der Waals surface area contributed by atoms with Crippen LogP contribution in [0, 0.1) is 0 Å². The largest absolute Gasteiger partial charge is 0.507 e. The average molecular weight is 226 g/mol. The monoisotopic (exact) mass is 226 g/mol. The molecule has 1 aromatic carbocycles. The lowest BCUT2D eigenvalue weighted by atomic mass is 10.2. The lowest BCUT2D eigenvalue weighted by Crippen LogP contribution is -1.95. The summed E-state index contributed by atoms with van der Waals surface area (Å²) in [4.78, 5) is 19.9. The van der Waals surface area contributed by atoms with Crippen LogP contribution in [0.5, 0.6) is 5.75 Å². The summed E-state index contributed by atoms with van der Waals surface area (Å²) in [5.41, 5.74) is -0.0671. The smallest absolute Gasteiger partial charge is 0.339 e. The predicted molar refractivity (Wildman–Crippen MR) is 57.6 cm³/mol. The van der Waals surface area contributed by atoms with Crippen LogP contribution in [-0.4, -0.2) is 27.3 Å². The highest BCUT2D eigenvalue weighted by Crippen LogP contribution is 2.14. The number of carboxylic acids is 2. The third-order valence-electron chi connectivity index (χ3n) is 1.60. The molecule has 16 heavy (non-hydrogen) atoms. The fraction of sp³-hybridized carbons (Fsp3) is 0.273. The molecule has 0 aliphatic rings. The molecule has 0 atom stereocenters. The summed E-state index contributed by atoms with van der Waals surface area (Å²) < 4.78 is 0. The van der Waals surface area contributed by atoms with Gasteiger partial charge in [-0.05, 0) is 18.6 Å². The number of hydrogen-bond donors (Lipinski definition) is 3. The molecular weight excluding hydrogens is 212 g/mol. The number of rotatable bonds is 3. The molecule has 3 N–H and O–H groups in total. The van der Waals surface area contributed by atoms with Gasteiger partial charge in [-0.1, -0.05) is 19.1 Å². The SMILES string of the molecule is CCCC(=O)O.O=C(O)c1ccccc1O. The summed E-state index contributed by atoms with van der Waals surface area (Å²) in [5, 5.41) is 25.2. The van der Waals surface area contributed by atoms with E-state index in [4.69, 9.17) is 15.3 Å². The van der Waals surface area contributed by atoms with Gasteiger partial charge in [0, 0.05) is 6.42 Å². The van der Waals surface area contributed by atoms with Crippen molar-refractivity contribution in [1.29, 1.82) is 0 Å². The van der Waals surface area contributed by atoms with Crippen LogP contribution in [-0.2, 0) is 4.79 Å². The molecule has 0 saturated carbocycles. The fourth-order valence-electron chi connectivity index (χ4n) is 0.868. The second-order valence-corrected chi connectivity index (χ2v) is 2.97. The number of carbonyl (C=O) groups is 2. The maximum Gasteiger partial charge on any atom is 0.339 e. The zero-order chi connectivity index (χ0) is 12.6. The van der Waals surface area contributed by atoms with Gasteiger partial charge in [-0.25, -0.2) is 4.79 Å². The number of hydrogen-bond acceptors (Lipinski definition) is 3. The lowest BCUT2D eigenvalue weighted by molar-refractivity contribution is -0.137. The highest BCUT2D eigenvalue weighted by molar-refractivity contribution is 5.90. The number of phenols is 1. The first-order valence-corrected chi connectivity index (χ1v) is 4.72. The summed E-state index contributed by atoms with van der Waals surface area (Å²) in [7, 11) is 0. The van der Waals surface area contributed by atoms with E-state index in [0.717, 1.165) is 6.42 Å². The topological polar surface area (TPSA) is 94.8 Å². The molecule has 0 bridgehead atoms. The van der Waals surface area contributed by atoms with Crippen molar-refractivity contribution >= 4 is 11.9 Å². The number of aromatic hydroxyl groups is 1. The van der Waals surface area contributed by atoms with E-state index < -0.39 is 11.9 Å². The summed E-state index contributed by atoms with van der Waals surface area (Å²) in [6.07, 6.45) is 1.02. The van der Waals surface area contributed by atoms with Crippen molar-refractivity contribution in [2.24, 2.45) is 0 Å². The minimum atomic E-state index is -1.11. The molecular formula is C11H14O5. The second kappa shape index (κ2) is 7.28. The van der Waals surface area contributed by atoms with Gasteiger partial charge in [-0.3, -0.25) is 4.79 Å². The molecule has 0 amide bonds. The molecule has 88 valence electrons. The Balaban J connectivity index is 0.000000325. The predicted octanol–water partition coefficient (Wildman–Crippen LogP) is 1.96. The molecule has 1 aromatic rings. The van der Waals surface area contributed by atoms with Crippen LogP contribution >= 0.6 is 0 Å². The first kappa shape index (κ1) is 14.0. The third-order valence-corrected chi connectivity index (χ3v) is 1.60.